The molecule has 18 heavy (non-hydrogen) atoms. The van der Waals surface area contributed by atoms with Crippen molar-refractivity contribution in [2.24, 2.45) is 0 Å². The predicted molar refractivity (Wildman–Crippen MR) is 68.4 cm³/mol. The summed E-state index contributed by atoms with van der Waals surface area (Å²) in [5, 5.41) is 0.655. The zero-order chi connectivity index (χ0) is 12.9. The lowest BCUT2D eigenvalue weighted by molar-refractivity contribution is -0.129. The van der Waals surface area contributed by atoms with Gasteiger partial charge in [-0.05, 0) is 37.1 Å². The van der Waals surface area contributed by atoms with Crippen LogP contribution in [0.15, 0.2) is 18.2 Å². The summed E-state index contributed by atoms with van der Waals surface area (Å²) in [5.41, 5.74) is 1.81. The van der Waals surface area contributed by atoms with Crippen LogP contribution < -0.4 is 4.90 Å². The van der Waals surface area contributed by atoms with Crippen LogP contribution in [0.5, 0.6) is 0 Å². The molecule has 0 bridgehead atoms. The first-order chi connectivity index (χ1) is 8.58. The maximum absolute atomic E-state index is 12.1. The fraction of sp³-hybridized carbons (Fsp3) is 0.385. The van der Waals surface area contributed by atoms with E-state index in [2.05, 4.69) is 0 Å². The molecule has 0 N–H and O–H groups in total. The molecule has 2 heterocycles. The number of rotatable bonds is 1. The van der Waals surface area contributed by atoms with Gasteiger partial charge in [-0.25, -0.2) is 0 Å². The molecule has 2 aliphatic heterocycles. The van der Waals surface area contributed by atoms with Gasteiger partial charge in [0.15, 0.2) is 0 Å². The highest BCUT2D eigenvalue weighted by Crippen LogP contribution is 2.34. The minimum absolute atomic E-state index is 0.0153. The molecule has 3 rings (SSSR count). The Bertz CT molecular complexity index is 544. The minimum atomic E-state index is -0.107. The van der Waals surface area contributed by atoms with Gasteiger partial charge in [-0.15, -0.1) is 0 Å². The van der Waals surface area contributed by atoms with E-state index < -0.39 is 0 Å². The zero-order valence-corrected chi connectivity index (χ0v) is 10.8. The average Bonchev–Trinajstić information content (AvgIpc) is 2.80. The van der Waals surface area contributed by atoms with Crippen molar-refractivity contribution in [1.82, 2.24) is 4.90 Å². The molecule has 2 aliphatic rings. The molecule has 0 saturated carbocycles. The number of nitrogens with zero attached hydrogens (tertiary/aromatic N) is 2. The van der Waals surface area contributed by atoms with Gasteiger partial charge in [0.05, 0.1) is 0 Å². The van der Waals surface area contributed by atoms with Gasteiger partial charge in [-0.2, -0.15) is 0 Å². The lowest BCUT2D eigenvalue weighted by atomic mass is 10.1. The van der Waals surface area contributed by atoms with Crippen molar-refractivity contribution < 1.29 is 9.59 Å². The van der Waals surface area contributed by atoms with E-state index in [0.29, 0.717) is 17.9 Å². The van der Waals surface area contributed by atoms with Crippen molar-refractivity contribution in [2.45, 2.75) is 25.9 Å². The highest BCUT2D eigenvalue weighted by atomic mass is 35.5. The Kier molecular flexibility index (Phi) is 2.55. The smallest absolute Gasteiger partial charge is 0.248 e. The average molecular weight is 265 g/mol. The van der Waals surface area contributed by atoms with Crippen LogP contribution in [-0.4, -0.2) is 29.4 Å². The topological polar surface area (TPSA) is 40.6 Å². The van der Waals surface area contributed by atoms with Crippen molar-refractivity contribution in [1.29, 1.82) is 0 Å². The molecule has 1 unspecified atom stereocenters. The third kappa shape index (κ3) is 1.60. The Hall–Kier alpha value is -1.55. The molecule has 2 fully saturated rings. The largest absolute Gasteiger partial charge is 0.312 e. The molecule has 0 radical (unpaired) electrons. The second-order valence-electron chi connectivity index (χ2n) is 4.74. The Balaban J connectivity index is 2.01. The molecular formula is C13H13ClN2O2. The molecule has 1 atom stereocenters. The number of fused-ring (bicyclic) bond motifs is 1. The summed E-state index contributed by atoms with van der Waals surface area (Å²) in [6.07, 6.45) is 1.14. The number of amides is 2. The summed E-state index contributed by atoms with van der Waals surface area (Å²) in [6, 6.07) is 5.46. The fourth-order valence-electron chi connectivity index (χ4n) is 2.75. The van der Waals surface area contributed by atoms with E-state index in [-0.39, 0.29) is 24.5 Å². The molecule has 0 spiro atoms. The van der Waals surface area contributed by atoms with E-state index >= 15 is 0 Å². The molecule has 1 aromatic carbocycles. The fourth-order valence-corrected chi connectivity index (χ4v) is 2.98. The summed E-state index contributed by atoms with van der Waals surface area (Å²) in [4.78, 5) is 27.1. The van der Waals surface area contributed by atoms with Gasteiger partial charge in [0.25, 0.3) is 0 Å². The Labute approximate surface area is 110 Å². The molecule has 5 heteroatoms. The first-order valence-electron chi connectivity index (χ1n) is 5.95. The van der Waals surface area contributed by atoms with E-state index in [1.165, 1.54) is 0 Å². The van der Waals surface area contributed by atoms with Crippen LogP contribution in [0.2, 0.25) is 5.02 Å². The van der Waals surface area contributed by atoms with Gasteiger partial charge in [0, 0.05) is 17.1 Å². The first-order valence-corrected chi connectivity index (χ1v) is 6.33. The van der Waals surface area contributed by atoms with Gasteiger partial charge in [-0.3, -0.25) is 14.5 Å². The summed E-state index contributed by atoms with van der Waals surface area (Å²) >= 11 is 5.93. The molecule has 94 valence electrons. The number of hydrogen-bond donors (Lipinski definition) is 0. The van der Waals surface area contributed by atoms with Crippen LogP contribution in [0.1, 0.15) is 18.4 Å². The predicted octanol–water partition coefficient (Wildman–Crippen LogP) is 1.94. The second kappa shape index (κ2) is 3.99. The van der Waals surface area contributed by atoms with Crippen molar-refractivity contribution in [3.05, 3.63) is 28.8 Å². The number of hydrogen-bond acceptors (Lipinski definition) is 2. The maximum atomic E-state index is 12.1. The summed E-state index contributed by atoms with van der Waals surface area (Å²) in [5.74, 6) is 0.0564. The molecule has 2 amide bonds. The van der Waals surface area contributed by atoms with Gasteiger partial charge < -0.3 is 4.90 Å². The third-order valence-electron chi connectivity index (χ3n) is 3.59. The molecule has 1 aromatic rings. The van der Waals surface area contributed by atoms with E-state index in [0.717, 1.165) is 11.3 Å². The molecule has 0 aromatic heterocycles. The van der Waals surface area contributed by atoms with Crippen LogP contribution in [0.4, 0.5) is 5.69 Å². The molecular weight excluding hydrogens is 252 g/mol. The number of benzene rings is 1. The lowest BCUT2D eigenvalue weighted by Gasteiger charge is -2.25. The Morgan fingerprint density at radius 3 is 2.78 bits per heavy atom. The summed E-state index contributed by atoms with van der Waals surface area (Å²) < 4.78 is 0. The summed E-state index contributed by atoms with van der Waals surface area (Å²) in [6.45, 7) is 2.12. The summed E-state index contributed by atoms with van der Waals surface area (Å²) in [7, 11) is 0. The van der Waals surface area contributed by atoms with Gasteiger partial charge in [-0.1, -0.05) is 11.6 Å². The normalized spacial score (nSPS) is 22.9. The first kappa shape index (κ1) is 11.5. The maximum Gasteiger partial charge on any atom is 0.248 e. The Morgan fingerprint density at radius 1 is 1.28 bits per heavy atom. The molecule has 2 saturated heterocycles. The van der Waals surface area contributed by atoms with Crippen LogP contribution in [0.3, 0.4) is 0 Å². The zero-order valence-electron chi connectivity index (χ0n) is 10.0. The lowest BCUT2D eigenvalue weighted by Crippen LogP contribution is -2.36. The van der Waals surface area contributed by atoms with Gasteiger partial charge in [0.2, 0.25) is 11.8 Å². The molecule has 4 nitrogen and oxygen atoms in total. The van der Waals surface area contributed by atoms with Crippen LogP contribution in [0, 0.1) is 6.92 Å². The highest BCUT2D eigenvalue weighted by Gasteiger charge is 2.45. The van der Waals surface area contributed by atoms with Crippen molar-refractivity contribution in [2.75, 3.05) is 11.4 Å². The standard InChI is InChI=1S/C13H13ClN2O2/c1-8-6-9(14)2-3-10(8)16-11-4-5-12(17)15(11)7-13(16)18/h2-3,6,11H,4-5,7H2,1H3. The second-order valence-corrected chi connectivity index (χ2v) is 5.17. The minimum Gasteiger partial charge on any atom is -0.312 e. The number of anilines is 1. The molecule has 0 aliphatic carbocycles. The van der Waals surface area contributed by atoms with E-state index in [9.17, 15) is 9.59 Å². The van der Waals surface area contributed by atoms with Gasteiger partial charge in [0.1, 0.15) is 12.7 Å². The number of carbonyl (C=O) groups is 2. The van der Waals surface area contributed by atoms with Crippen molar-refractivity contribution in [3.8, 4) is 0 Å². The highest BCUT2D eigenvalue weighted by molar-refractivity contribution is 6.30. The van der Waals surface area contributed by atoms with Crippen LogP contribution in [-0.2, 0) is 9.59 Å². The monoisotopic (exact) mass is 264 g/mol. The van der Waals surface area contributed by atoms with Crippen molar-refractivity contribution >= 4 is 29.1 Å². The van der Waals surface area contributed by atoms with Crippen LogP contribution in [0.25, 0.3) is 0 Å². The van der Waals surface area contributed by atoms with Gasteiger partial charge >= 0.3 is 0 Å². The van der Waals surface area contributed by atoms with E-state index in [1.807, 2.05) is 19.1 Å². The third-order valence-corrected chi connectivity index (χ3v) is 3.82. The Morgan fingerprint density at radius 2 is 2.06 bits per heavy atom. The van der Waals surface area contributed by atoms with Crippen molar-refractivity contribution in [3.63, 3.8) is 0 Å². The number of halogens is 1. The number of carbonyl (C=O) groups excluding carboxylic acids is 2. The quantitative estimate of drug-likeness (QED) is 0.778. The van der Waals surface area contributed by atoms with E-state index in [4.69, 9.17) is 11.6 Å². The number of aryl methyl sites for hydroxylation is 1. The van der Waals surface area contributed by atoms with Crippen LogP contribution >= 0.6 is 11.6 Å². The SMILES string of the molecule is Cc1cc(Cl)ccc1N1C(=O)CN2C(=O)CCC21. The van der Waals surface area contributed by atoms with E-state index in [1.54, 1.807) is 15.9 Å².